The summed E-state index contributed by atoms with van der Waals surface area (Å²) in [6, 6.07) is 2.48. The van der Waals surface area contributed by atoms with E-state index in [-0.39, 0.29) is 18.0 Å². The molecule has 1 aromatic heterocycles. The number of amides is 1. The summed E-state index contributed by atoms with van der Waals surface area (Å²) in [7, 11) is 0. The number of thiophene rings is 1. The summed E-state index contributed by atoms with van der Waals surface area (Å²) in [5.74, 6) is 0.510. The molecule has 3 atom stereocenters. The molecule has 3 N–H and O–H groups in total. The van der Waals surface area contributed by atoms with Gasteiger partial charge in [-0.2, -0.15) is 0 Å². The fraction of sp³-hybridized carbons (Fsp3) is 0.667. The normalized spacial score (nSPS) is 24.4. The topological polar surface area (TPSA) is 55.1 Å². The van der Waals surface area contributed by atoms with Crippen LogP contribution in [0.3, 0.4) is 0 Å². The molecule has 2 rings (SSSR count). The zero-order valence-electron chi connectivity index (χ0n) is 12.0. The predicted molar refractivity (Wildman–Crippen MR) is 80.3 cm³/mol. The summed E-state index contributed by atoms with van der Waals surface area (Å²) in [5, 5.41) is 3.11. The van der Waals surface area contributed by atoms with Crippen molar-refractivity contribution in [1.29, 1.82) is 0 Å². The molecule has 1 aliphatic carbocycles. The Morgan fingerprint density at radius 1 is 1.53 bits per heavy atom. The molecule has 19 heavy (non-hydrogen) atoms. The van der Waals surface area contributed by atoms with Crippen molar-refractivity contribution in [3.05, 3.63) is 21.4 Å². The molecular weight excluding hydrogens is 256 g/mol. The Bertz CT molecular complexity index is 455. The van der Waals surface area contributed by atoms with E-state index in [1.807, 2.05) is 0 Å². The highest BCUT2D eigenvalue weighted by Crippen LogP contribution is 2.28. The Kier molecular flexibility index (Phi) is 4.63. The molecule has 1 aliphatic rings. The van der Waals surface area contributed by atoms with E-state index in [4.69, 9.17) is 5.73 Å². The van der Waals surface area contributed by atoms with Gasteiger partial charge in [-0.25, -0.2) is 0 Å². The first-order valence-corrected chi connectivity index (χ1v) is 7.91. The smallest absolute Gasteiger partial charge is 0.220 e. The minimum atomic E-state index is 0.0927. The Morgan fingerprint density at radius 3 is 2.79 bits per heavy atom. The summed E-state index contributed by atoms with van der Waals surface area (Å²) in [5.41, 5.74) is 7.26. The number of rotatable bonds is 4. The first-order valence-electron chi connectivity index (χ1n) is 7.09. The quantitative estimate of drug-likeness (QED) is 0.890. The second-order valence-corrected chi connectivity index (χ2v) is 7.18. The van der Waals surface area contributed by atoms with Crippen LogP contribution >= 0.6 is 11.3 Å². The van der Waals surface area contributed by atoms with Crippen LogP contribution in [0.2, 0.25) is 0 Å². The molecule has 0 aliphatic heterocycles. The number of nitrogens with one attached hydrogen (secondary N) is 1. The maximum absolute atomic E-state index is 12.1. The highest BCUT2D eigenvalue weighted by atomic mass is 32.1. The molecule has 0 spiro atoms. The van der Waals surface area contributed by atoms with Gasteiger partial charge in [0.05, 0.1) is 6.04 Å². The third-order valence-electron chi connectivity index (χ3n) is 4.09. The van der Waals surface area contributed by atoms with Gasteiger partial charge in [-0.15, -0.1) is 11.3 Å². The lowest BCUT2D eigenvalue weighted by Gasteiger charge is -2.18. The van der Waals surface area contributed by atoms with Gasteiger partial charge in [-0.05, 0) is 51.2 Å². The van der Waals surface area contributed by atoms with Crippen LogP contribution in [-0.2, 0) is 4.79 Å². The molecule has 0 aromatic carbocycles. The van der Waals surface area contributed by atoms with Crippen LogP contribution < -0.4 is 11.1 Å². The van der Waals surface area contributed by atoms with Crippen LogP contribution in [0.25, 0.3) is 0 Å². The van der Waals surface area contributed by atoms with E-state index in [0.717, 1.165) is 19.3 Å². The monoisotopic (exact) mass is 280 g/mol. The first-order chi connectivity index (χ1) is 8.97. The van der Waals surface area contributed by atoms with Crippen LogP contribution in [0.15, 0.2) is 6.07 Å². The lowest BCUT2D eigenvalue weighted by atomic mass is 9.99. The van der Waals surface area contributed by atoms with Gasteiger partial charge in [-0.1, -0.05) is 6.42 Å². The lowest BCUT2D eigenvalue weighted by molar-refractivity contribution is -0.122. The average Bonchev–Trinajstić information content (AvgIpc) is 2.85. The predicted octanol–water partition coefficient (Wildman–Crippen LogP) is 3.06. The second kappa shape index (κ2) is 6.06. The van der Waals surface area contributed by atoms with Crippen LogP contribution in [0.1, 0.15) is 54.0 Å². The summed E-state index contributed by atoms with van der Waals surface area (Å²) < 4.78 is 0. The highest BCUT2D eigenvalue weighted by molar-refractivity contribution is 7.12. The van der Waals surface area contributed by atoms with Gasteiger partial charge in [0, 0.05) is 22.2 Å². The molecular formula is C15H24N2OS. The van der Waals surface area contributed by atoms with Crippen molar-refractivity contribution in [2.45, 2.75) is 58.5 Å². The van der Waals surface area contributed by atoms with Gasteiger partial charge in [0.2, 0.25) is 5.91 Å². The largest absolute Gasteiger partial charge is 0.350 e. The Hall–Kier alpha value is -0.870. The van der Waals surface area contributed by atoms with E-state index in [1.54, 1.807) is 11.3 Å². The minimum absolute atomic E-state index is 0.0927. The SMILES string of the molecule is Cc1cc(C(C)NC(=O)C[C@@H]2CCC[C@H]2N)c(C)s1. The van der Waals surface area contributed by atoms with Crippen molar-refractivity contribution in [2.24, 2.45) is 11.7 Å². The van der Waals surface area contributed by atoms with Crippen LogP contribution in [0.4, 0.5) is 0 Å². The zero-order chi connectivity index (χ0) is 14.0. The van der Waals surface area contributed by atoms with Crippen molar-refractivity contribution in [2.75, 3.05) is 0 Å². The molecule has 1 amide bonds. The van der Waals surface area contributed by atoms with E-state index in [2.05, 4.69) is 32.2 Å². The summed E-state index contributed by atoms with van der Waals surface area (Å²) in [4.78, 5) is 14.7. The molecule has 4 heteroatoms. The average molecular weight is 280 g/mol. The number of nitrogens with two attached hydrogens (primary N) is 1. The highest BCUT2D eigenvalue weighted by Gasteiger charge is 2.26. The van der Waals surface area contributed by atoms with E-state index >= 15 is 0 Å². The summed E-state index contributed by atoms with van der Waals surface area (Å²) in [6.07, 6.45) is 3.90. The Morgan fingerprint density at radius 2 is 2.26 bits per heavy atom. The number of aryl methyl sites for hydroxylation is 2. The molecule has 1 saturated carbocycles. The number of hydrogen-bond donors (Lipinski definition) is 2. The number of carbonyl (C=O) groups excluding carboxylic acids is 1. The van der Waals surface area contributed by atoms with Gasteiger partial charge >= 0.3 is 0 Å². The molecule has 3 nitrogen and oxygen atoms in total. The van der Waals surface area contributed by atoms with Gasteiger partial charge in [-0.3, -0.25) is 4.79 Å². The fourth-order valence-corrected chi connectivity index (χ4v) is 4.04. The van der Waals surface area contributed by atoms with Gasteiger partial charge < -0.3 is 11.1 Å². The molecule has 1 fully saturated rings. The number of hydrogen-bond acceptors (Lipinski definition) is 3. The maximum atomic E-state index is 12.1. The van der Waals surface area contributed by atoms with Crippen molar-refractivity contribution in [1.82, 2.24) is 5.32 Å². The minimum Gasteiger partial charge on any atom is -0.350 e. The summed E-state index contributed by atoms with van der Waals surface area (Å²) in [6.45, 7) is 6.27. The summed E-state index contributed by atoms with van der Waals surface area (Å²) >= 11 is 1.79. The lowest BCUT2D eigenvalue weighted by Crippen LogP contribution is -2.32. The fourth-order valence-electron chi connectivity index (χ4n) is 3.02. The van der Waals surface area contributed by atoms with Crippen molar-refractivity contribution in [3.8, 4) is 0 Å². The van der Waals surface area contributed by atoms with E-state index < -0.39 is 0 Å². The van der Waals surface area contributed by atoms with Gasteiger partial charge in [0.15, 0.2) is 0 Å². The van der Waals surface area contributed by atoms with E-state index in [9.17, 15) is 4.79 Å². The number of carbonyl (C=O) groups is 1. The second-order valence-electron chi connectivity index (χ2n) is 5.72. The third kappa shape index (κ3) is 3.57. The van der Waals surface area contributed by atoms with Crippen molar-refractivity contribution < 1.29 is 4.79 Å². The van der Waals surface area contributed by atoms with Crippen LogP contribution in [0.5, 0.6) is 0 Å². The standard InChI is InChI=1S/C15H24N2OS/c1-9-7-13(11(3)19-9)10(2)17-15(18)8-12-5-4-6-14(12)16/h7,10,12,14H,4-6,8,16H2,1-3H3,(H,17,18)/t10?,12-,14+/m0/s1. The molecule has 106 valence electrons. The molecule has 1 heterocycles. The Balaban J connectivity index is 1.90. The van der Waals surface area contributed by atoms with E-state index in [0.29, 0.717) is 12.3 Å². The molecule has 0 radical (unpaired) electrons. The van der Waals surface area contributed by atoms with E-state index in [1.165, 1.54) is 15.3 Å². The van der Waals surface area contributed by atoms with Crippen LogP contribution in [-0.4, -0.2) is 11.9 Å². The molecule has 0 saturated heterocycles. The van der Waals surface area contributed by atoms with Crippen LogP contribution in [0, 0.1) is 19.8 Å². The maximum Gasteiger partial charge on any atom is 0.220 e. The molecule has 0 bridgehead atoms. The molecule has 1 aromatic rings. The zero-order valence-corrected chi connectivity index (χ0v) is 12.8. The van der Waals surface area contributed by atoms with Crippen molar-refractivity contribution >= 4 is 17.2 Å². The van der Waals surface area contributed by atoms with Gasteiger partial charge in [0.1, 0.15) is 0 Å². The van der Waals surface area contributed by atoms with Gasteiger partial charge in [0.25, 0.3) is 0 Å². The Labute approximate surface area is 119 Å². The molecule has 1 unspecified atom stereocenters. The van der Waals surface area contributed by atoms with Crippen molar-refractivity contribution in [3.63, 3.8) is 0 Å². The first kappa shape index (κ1) is 14.5. The third-order valence-corrected chi connectivity index (χ3v) is 5.07.